The van der Waals surface area contributed by atoms with Gasteiger partial charge in [-0.15, -0.1) is 0 Å². The number of ether oxygens (including phenoxy) is 1. The van der Waals surface area contributed by atoms with E-state index >= 15 is 0 Å². The standard InChI is InChI=1S/C25H30N4O3/c1-17(18-12-14-20(15-13-18)28(5)24(31)32-25(2,3)4)26-23(30)22-16-21(27-29(22)6)19-10-8-7-9-11-19/h7-17H,1-6H3,(H,26,30). The monoisotopic (exact) mass is 434 g/mol. The Labute approximate surface area is 189 Å². The average Bonchev–Trinajstić information content (AvgIpc) is 3.14. The highest BCUT2D eigenvalue weighted by atomic mass is 16.6. The number of benzene rings is 2. The minimum atomic E-state index is -0.559. The zero-order chi connectivity index (χ0) is 23.5. The fourth-order valence-electron chi connectivity index (χ4n) is 3.21. The van der Waals surface area contributed by atoms with E-state index in [-0.39, 0.29) is 11.9 Å². The normalized spacial score (nSPS) is 12.2. The Balaban J connectivity index is 1.67. The van der Waals surface area contributed by atoms with Gasteiger partial charge in [0.2, 0.25) is 0 Å². The van der Waals surface area contributed by atoms with Gasteiger partial charge in [-0.1, -0.05) is 42.5 Å². The highest BCUT2D eigenvalue weighted by Gasteiger charge is 2.21. The van der Waals surface area contributed by atoms with Gasteiger partial charge < -0.3 is 10.1 Å². The van der Waals surface area contributed by atoms with Crippen molar-refractivity contribution < 1.29 is 14.3 Å². The molecule has 3 rings (SSSR count). The Morgan fingerprint density at radius 1 is 1.06 bits per heavy atom. The van der Waals surface area contributed by atoms with Gasteiger partial charge in [0.15, 0.2) is 0 Å². The van der Waals surface area contributed by atoms with Gasteiger partial charge in [-0.2, -0.15) is 5.10 Å². The SMILES string of the molecule is CC(NC(=O)c1cc(-c2ccccc2)nn1C)c1ccc(N(C)C(=O)OC(C)(C)C)cc1. The number of rotatable bonds is 5. The topological polar surface area (TPSA) is 76.5 Å². The molecule has 2 aromatic carbocycles. The second-order valence-corrected chi connectivity index (χ2v) is 8.73. The second kappa shape index (κ2) is 9.26. The molecule has 0 spiro atoms. The molecule has 1 atom stereocenters. The summed E-state index contributed by atoms with van der Waals surface area (Å²) in [7, 11) is 3.42. The van der Waals surface area contributed by atoms with Crippen LogP contribution in [-0.2, 0) is 11.8 Å². The summed E-state index contributed by atoms with van der Waals surface area (Å²) >= 11 is 0. The Morgan fingerprint density at radius 3 is 2.28 bits per heavy atom. The van der Waals surface area contributed by atoms with E-state index in [2.05, 4.69) is 10.4 Å². The number of aromatic nitrogens is 2. The van der Waals surface area contributed by atoms with Gasteiger partial charge in [0, 0.05) is 25.3 Å². The molecule has 32 heavy (non-hydrogen) atoms. The fourth-order valence-corrected chi connectivity index (χ4v) is 3.21. The molecular weight excluding hydrogens is 404 g/mol. The first kappa shape index (κ1) is 23.1. The molecule has 0 saturated heterocycles. The molecule has 168 valence electrons. The number of carbonyl (C=O) groups excluding carboxylic acids is 2. The summed E-state index contributed by atoms with van der Waals surface area (Å²) < 4.78 is 6.99. The minimum absolute atomic E-state index is 0.204. The van der Waals surface area contributed by atoms with E-state index in [0.717, 1.165) is 16.8 Å². The summed E-state index contributed by atoms with van der Waals surface area (Å²) in [4.78, 5) is 26.6. The van der Waals surface area contributed by atoms with E-state index in [1.807, 2.05) is 82.3 Å². The molecule has 0 aliphatic heterocycles. The number of hydrogen-bond acceptors (Lipinski definition) is 4. The molecule has 1 heterocycles. The maximum atomic E-state index is 12.8. The molecular formula is C25H30N4O3. The maximum absolute atomic E-state index is 12.8. The quantitative estimate of drug-likeness (QED) is 0.616. The molecule has 0 radical (unpaired) electrons. The molecule has 7 heteroatoms. The first-order chi connectivity index (χ1) is 15.0. The lowest BCUT2D eigenvalue weighted by atomic mass is 10.1. The van der Waals surface area contributed by atoms with E-state index in [1.165, 1.54) is 4.90 Å². The Hall–Kier alpha value is -3.61. The first-order valence-electron chi connectivity index (χ1n) is 10.5. The molecule has 0 aliphatic rings. The molecule has 0 saturated carbocycles. The summed E-state index contributed by atoms with van der Waals surface area (Å²) in [5.74, 6) is -0.204. The van der Waals surface area contributed by atoms with E-state index in [1.54, 1.807) is 24.8 Å². The number of nitrogens with zero attached hydrogens (tertiary/aromatic N) is 3. The van der Waals surface area contributed by atoms with Crippen LogP contribution in [0.15, 0.2) is 60.7 Å². The highest BCUT2D eigenvalue weighted by Crippen LogP contribution is 2.22. The number of hydrogen-bond donors (Lipinski definition) is 1. The van der Waals surface area contributed by atoms with Crippen molar-refractivity contribution in [3.8, 4) is 11.3 Å². The molecule has 1 aromatic heterocycles. The zero-order valence-corrected chi connectivity index (χ0v) is 19.4. The van der Waals surface area contributed by atoms with Gasteiger partial charge in [-0.25, -0.2) is 4.79 Å². The van der Waals surface area contributed by atoms with E-state index < -0.39 is 11.7 Å². The van der Waals surface area contributed by atoms with Crippen molar-refractivity contribution in [2.24, 2.45) is 7.05 Å². The third kappa shape index (κ3) is 5.55. The molecule has 0 fully saturated rings. The van der Waals surface area contributed by atoms with Crippen molar-refractivity contribution >= 4 is 17.7 Å². The summed E-state index contributed by atoms with van der Waals surface area (Å²) in [6.45, 7) is 7.41. The van der Waals surface area contributed by atoms with Crippen molar-refractivity contribution in [3.63, 3.8) is 0 Å². The van der Waals surface area contributed by atoms with Gasteiger partial charge >= 0.3 is 6.09 Å². The Bertz CT molecular complexity index is 1080. The number of aryl methyl sites for hydroxylation is 1. The lowest BCUT2D eigenvalue weighted by Crippen LogP contribution is -2.34. The van der Waals surface area contributed by atoms with Crippen LogP contribution >= 0.6 is 0 Å². The number of amides is 2. The molecule has 0 aliphatic carbocycles. The van der Waals surface area contributed by atoms with Crippen LogP contribution in [0.25, 0.3) is 11.3 Å². The van der Waals surface area contributed by atoms with Gasteiger partial charge in [-0.3, -0.25) is 14.4 Å². The second-order valence-electron chi connectivity index (χ2n) is 8.73. The van der Waals surface area contributed by atoms with Crippen LogP contribution < -0.4 is 10.2 Å². The Kier molecular flexibility index (Phi) is 6.67. The summed E-state index contributed by atoms with van der Waals surface area (Å²) in [6, 6.07) is 18.8. The molecule has 1 N–H and O–H groups in total. The van der Waals surface area contributed by atoms with E-state index in [0.29, 0.717) is 11.4 Å². The van der Waals surface area contributed by atoms with Gasteiger partial charge in [0.05, 0.1) is 11.7 Å². The van der Waals surface area contributed by atoms with Crippen LogP contribution in [0.2, 0.25) is 0 Å². The van der Waals surface area contributed by atoms with Crippen molar-refractivity contribution in [1.82, 2.24) is 15.1 Å². The lowest BCUT2D eigenvalue weighted by molar-refractivity contribution is 0.0589. The smallest absolute Gasteiger partial charge is 0.414 e. The van der Waals surface area contributed by atoms with Gasteiger partial charge in [0.1, 0.15) is 11.3 Å². The minimum Gasteiger partial charge on any atom is -0.443 e. The highest BCUT2D eigenvalue weighted by molar-refractivity contribution is 5.94. The average molecular weight is 435 g/mol. The Morgan fingerprint density at radius 2 is 1.69 bits per heavy atom. The lowest BCUT2D eigenvalue weighted by Gasteiger charge is -2.25. The zero-order valence-electron chi connectivity index (χ0n) is 19.4. The molecule has 3 aromatic rings. The number of carbonyl (C=O) groups is 2. The largest absolute Gasteiger partial charge is 0.443 e. The predicted octanol–water partition coefficient (Wildman–Crippen LogP) is 4.95. The molecule has 2 amide bonds. The van der Waals surface area contributed by atoms with E-state index in [4.69, 9.17) is 4.74 Å². The van der Waals surface area contributed by atoms with Crippen LogP contribution in [-0.4, -0.2) is 34.4 Å². The van der Waals surface area contributed by atoms with Crippen LogP contribution in [0, 0.1) is 0 Å². The van der Waals surface area contributed by atoms with Crippen molar-refractivity contribution in [1.29, 1.82) is 0 Å². The first-order valence-corrected chi connectivity index (χ1v) is 10.5. The third-order valence-corrected chi connectivity index (χ3v) is 4.98. The summed E-state index contributed by atoms with van der Waals surface area (Å²) in [5, 5.41) is 7.48. The van der Waals surface area contributed by atoms with Crippen LogP contribution in [0.5, 0.6) is 0 Å². The predicted molar refractivity (Wildman–Crippen MR) is 126 cm³/mol. The third-order valence-electron chi connectivity index (χ3n) is 4.98. The molecule has 1 unspecified atom stereocenters. The van der Waals surface area contributed by atoms with Crippen molar-refractivity contribution in [2.45, 2.75) is 39.3 Å². The number of nitrogens with one attached hydrogen (secondary N) is 1. The summed E-state index contributed by atoms with van der Waals surface area (Å²) in [6.07, 6.45) is -0.419. The van der Waals surface area contributed by atoms with Gasteiger partial charge in [-0.05, 0) is 51.5 Å². The van der Waals surface area contributed by atoms with E-state index in [9.17, 15) is 9.59 Å². The molecule has 7 nitrogen and oxygen atoms in total. The maximum Gasteiger partial charge on any atom is 0.414 e. The molecule has 0 bridgehead atoms. The van der Waals surface area contributed by atoms with Crippen LogP contribution in [0.1, 0.15) is 49.8 Å². The van der Waals surface area contributed by atoms with Crippen LogP contribution in [0.4, 0.5) is 10.5 Å². The van der Waals surface area contributed by atoms with Gasteiger partial charge in [0.25, 0.3) is 5.91 Å². The van der Waals surface area contributed by atoms with Crippen molar-refractivity contribution in [3.05, 3.63) is 71.9 Å². The summed E-state index contributed by atoms with van der Waals surface area (Å²) in [5.41, 5.74) is 3.26. The fraction of sp³-hybridized carbons (Fsp3) is 0.320. The van der Waals surface area contributed by atoms with Crippen LogP contribution in [0.3, 0.4) is 0 Å². The van der Waals surface area contributed by atoms with Crippen molar-refractivity contribution in [2.75, 3.05) is 11.9 Å². The number of anilines is 1.